The molecule has 0 atom stereocenters. The lowest BCUT2D eigenvalue weighted by atomic mass is 9.88. The average molecular weight is 311 g/mol. The second kappa shape index (κ2) is 6.75. The molecule has 5 nitrogen and oxygen atoms in total. The number of hydrogen-bond acceptors (Lipinski definition) is 6. The number of thiazole rings is 1. The first-order valence-electron chi connectivity index (χ1n) is 7.46. The van der Waals surface area contributed by atoms with Crippen LogP contribution in [0.25, 0.3) is 0 Å². The van der Waals surface area contributed by atoms with Crippen LogP contribution in [0.2, 0.25) is 0 Å². The van der Waals surface area contributed by atoms with Crippen molar-refractivity contribution in [3.05, 3.63) is 11.2 Å². The van der Waals surface area contributed by atoms with Crippen molar-refractivity contribution in [2.45, 2.75) is 45.6 Å². The van der Waals surface area contributed by atoms with Crippen LogP contribution in [-0.2, 0) is 16.0 Å². The van der Waals surface area contributed by atoms with E-state index in [1.165, 1.54) is 12.1 Å². The maximum absolute atomic E-state index is 11.7. The molecule has 1 aliphatic heterocycles. The van der Waals surface area contributed by atoms with Crippen LogP contribution in [0.5, 0.6) is 0 Å². The molecule has 0 saturated carbocycles. The van der Waals surface area contributed by atoms with Crippen molar-refractivity contribution in [1.82, 2.24) is 4.98 Å². The lowest BCUT2D eigenvalue weighted by Gasteiger charge is -2.30. The largest absolute Gasteiger partial charge is 0.469 e. The minimum absolute atomic E-state index is 0.163. The van der Waals surface area contributed by atoms with E-state index in [0.29, 0.717) is 6.04 Å². The van der Waals surface area contributed by atoms with E-state index in [4.69, 9.17) is 10.5 Å². The first-order valence-corrected chi connectivity index (χ1v) is 8.27. The molecule has 0 aliphatic carbocycles. The fourth-order valence-corrected chi connectivity index (χ4v) is 3.45. The van der Waals surface area contributed by atoms with E-state index < -0.39 is 5.41 Å². The lowest BCUT2D eigenvalue weighted by Crippen LogP contribution is -2.39. The van der Waals surface area contributed by atoms with Crippen LogP contribution in [0.4, 0.5) is 5.00 Å². The molecule has 1 fully saturated rings. The molecule has 0 bridgehead atoms. The smallest absolute Gasteiger partial charge is 0.311 e. The Balaban J connectivity index is 1.90. The van der Waals surface area contributed by atoms with E-state index in [0.717, 1.165) is 43.8 Å². The van der Waals surface area contributed by atoms with E-state index in [1.54, 1.807) is 11.3 Å². The van der Waals surface area contributed by atoms with Crippen molar-refractivity contribution in [2.75, 3.05) is 25.1 Å². The summed E-state index contributed by atoms with van der Waals surface area (Å²) in [7, 11) is 1.44. The molecular formula is C15H25N3O2S. The number of ether oxygens (including phenoxy) is 1. The highest BCUT2D eigenvalue weighted by Gasteiger charge is 2.28. The fourth-order valence-electron chi connectivity index (χ4n) is 2.48. The van der Waals surface area contributed by atoms with Gasteiger partial charge in [0.2, 0.25) is 0 Å². The van der Waals surface area contributed by atoms with Gasteiger partial charge in [0.05, 0.1) is 23.7 Å². The summed E-state index contributed by atoms with van der Waals surface area (Å²) < 4.78 is 4.84. The second-order valence-corrected chi connectivity index (χ2v) is 7.39. The molecule has 2 heterocycles. The summed E-state index contributed by atoms with van der Waals surface area (Å²) in [6.45, 7) is 5.85. The Morgan fingerprint density at radius 2 is 2.19 bits per heavy atom. The quantitative estimate of drug-likeness (QED) is 0.844. The van der Waals surface area contributed by atoms with Crippen LogP contribution in [0.1, 0.15) is 38.1 Å². The highest BCUT2D eigenvalue weighted by Crippen LogP contribution is 2.30. The lowest BCUT2D eigenvalue weighted by molar-refractivity contribution is -0.151. The zero-order valence-corrected chi connectivity index (χ0v) is 13.9. The van der Waals surface area contributed by atoms with Crippen molar-refractivity contribution >= 4 is 22.3 Å². The molecule has 1 aliphatic rings. The van der Waals surface area contributed by atoms with E-state index in [1.807, 2.05) is 20.0 Å². The molecule has 1 aromatic heterocycles. The van der Waals surface area contributed by atoms with Crippen LogP contribution in [0.15, 0.2) is 6.20 Å². The van der Waals surface area contributed by atoms with Crippen LogP contribution in [0, 0.1) is 5.41 Å². The van der Waals surface area contributed by atoms with Gasteiger partial charge in [0, 0.05) is 25.6 Å². The maximum Gasteiger partial charge on any atom is 0.311 e. The molecular weight excluding hydrogens is 286 g/mol. The summed E-state index contributed by atoms with van der Waals surface area (Å²) >= 11 is 1.72. The molecule has 21 heavy (non-hydrogen) atoms. The Bertz CT molecular complexity index is 479. The van der Waals surface area contributed by atoms with Crippen molar-refractivity contribution in [1.29, 1.82) is 0 Å². The highest BCUT2D eigenvalue weighted by atomic mass is 32.1. The Morgan fingerprint density at radius 3 is 2.81 bits per heavy atom. The van der Waals surface area contributed by atoms with Gasteiger partial charge >= 0.3 is 5.97 Å². The number of carbonyl (C=O) groups is 1. The molecule has 0 unspecified atom stereocenters. The molecule has 118 valence electrons. The molecule has 0 amide bonds. The summed E-state index contributed by atoms with van der Waals surface area (Å²) in [5.41, 5.74) is 5.47. The third kappa shape index (κ3) is 4.17. The minimum Gasteiger partial charge on any atom is -0.469 e. The summed E-state index contributed by atoms with van der Waals surface area (Å²) in [6.07, 6.45) is 5.59. The predicted molar refractivity (Wildman–Crippen MR) is 85.7 cm³/mol. The molecule has 6 heteroatoms. The first kappa shape index (κ1) is 16.2. The normalized spacial score (nSPS) is 17.0. The number of hydrogen-bond donors (Lipinski definition) is 1. The van der Waals surface area contributed by atoms with Crippen molar-refractivity contribution < 1.29 is 9.53 Å². The third-order valence-electron chi connectivity index (χ3n) is 4.09. The number of nitrogens with zero attached hydrogens (tertiary/aromatic N) is 2. The Kier molecular flexibility index (Phi) is 5.22. The minimum atomic E-state index is -0.460. The van der Waals surface area contributed by atoms with Gasteiger partial charge in [-0.1, -0.05) is 0 Å². The number of rotatable bonds is 5. The molecule has 1 saturated heterocycles. The van der Waals surface area contributed by atoms with Crippen LogP contribution in [0.3, 0.4) is 0 Å². The summed E-state index contributed by atoms with van der Waals surface area (Å²) in [4.78, 5) is 18.5. The molecule has 2 rings (SSSR count). The zero-order valence-electron chi connectivity index (χ0n) is 13.1. The van der Waals surface area contributed by atoms with E-state index in [-0.39, 0.29) is 5.97 Å². The third-order valence-corrected chi connectivity index (χ3v) is 5.21. The number of esters is 1. The van der Waals surface area contributed by atoms with Crippen LogP contribution < -0.4 is 10.6 Å². The van der Waals surface area contributed by atoms with E-state index in [9.17, 15) is 4.79 Å². The number of aryl methyl sites for hydroxylation is 1. The van der Waals surface area contributed by atoms with Crippen molar-refractivity contribution in [3.63, 3.8) is 0 Å². The van der Waals surface area contributed by atoms with Crippen molar-refractivity contribution in [3.8, 4) is 0 Å². The van der Waals surface area contributed by atoms with Gasteiger partial charge in [-0.3, -0.25) is 4.79 Å². The van der Waals surface area contributed by atoms with Gasteiger partial charge in [0.1, 0.15) is 5.00 Å². The standard InChI is InChI=1S/C15H25N3O2S/c1-15(2,14(19)20-3)7-4-12-17-10-13(21-12)18-8-5-11(16)6-9-18/h10-11H,4-9,16H2,1-3H3. The van der Waals surface area contributed by atoms with Crippen molar-refractivity contribution in [2.24, 2.45) is 11.1 Å². The Morgan fingerprint density at radius 1 is 1.52 bits per heavy atom. The van der Waals surface area contributed by atoms with Crippen LogP contribution in [-0.4, -0.2) is 37.2 Å². The topological polar surface area (TPSA) is 68.5 Å². The number of carbonyl (C=O) groups excluding carboxylic acids is 1. The summed E-state index contributed by atoms with van der Waals surface area (Å²) in [5, 5.41) is 2.30. The maximum atomic E-state index is 11.7. The van der Waals surface area contributed by atoms with Gasteiger partial charge in [-0.2, -0.15) is 0 Å². The number of aromatic nitrogens is 1. The van der Waals surface area contributed by atoms with Gasteiger partial charge in [-0.05, 0) is 33.1 Å². The van der Waals surface area contributed by atoms with Gasteiger partial charge in [0.25, 0.3) is 0 Å². The molecule has 0 aromatic carbocycles. The highest BCUT2D eigenvalue weighted by molar-refractivity contribution is 7.15. The SMILES string of the molecule is COC(=O)C(C)(C)CCc1ncc(N2CCC(N)CC2)s1. The summed E-state index contributed by atoms with van der Waals surface area (Å²) in [5.74, 6) is -0.163. The van der Waals surface area contributed by atoms with E-state index in [2.05, 4.69) is 9.88 Å². The van der Waals surface area contributed by atoms with Gasteiger partial charge in [-0.15, -0.1) is 11.3 Å². The van der Waals surface area contributed by atoms with Gasteiger partial charge < -0.3 is 15.4 Å². The fraction of sp³-hybridized carbons (Fsp3) is 0.733. The number of anilines is 1. The monoisotopic (exact) mass is 311 g/mol. The van der Waals surface area contributed by atoms with Gasteiger partial charge in [-0.25, -0.2) is 4.98 Å². The van der Waals surface area contributed by atoms with Gasteiger partial charge in [0.15, 0.2) is 0 Å². The van der Waals surface area contributed by atoms with E-state index >= 15 is 0 Å². The number of piperidine rings is 1. The molecule has 0 radical (unpaired) electrons. The first-order chi connectivity index (χ1) is 9.92. The predicted octanol–water partition coefficient (Wildman–Crippen LogP) is 2.20. The second-order valence-electron chi connectivity index (χ2n) is 6.29. The molecule has 2 N–H and O–H groups in total. The Labute approximate surface area is 130 Å². The number of nitrogens with two attached hydrogens (primary N) is 1. The number of methoxy groups -OCH3 is 1. The molecule has 1 aromatic rings. The average Bonchev–Trinajstić information content (AvgIpc) is 2.94. The molecule has 0 spiro atoms. The Hall–Kier alpha value is -1.14. The van der Waals surface area contributed by atoms with Crippen LogP contribution >= 0.6 is 11.3 Å². The zero-order chi connectivity index (χ0) is 15.5. The summed E-state index contributed by atoms with van der Waals surface area (Å²) in [6, 6.07) is 0.342.